The van der Waals surface area contributed by atoms with Crippen molar-refractivity contribution in [2.75, 3.05) is 37.0 Å². The standard InChI is InChI=1S/C27H35ClFN3O2/c1-19-17-20(11-12-27(2,3)4)5-10-23(19)32(24(33)18-28)25(21-6-8-22(29)9-7-21)26(34)31-15-13-30-14-16-31/h5-10,17,25,30H,11-16,18H2,1-4H3/t25-/m0/s1. The van der Waals surface area contributed by atoms with Crippen molar-refractivity contribution in [3.63, 3.8) is 0 Å². The molecular weight excluding hydrogens is 453 g/mol. The number of benzene rings is 2. The molecule has 0 bridgehead atoms. The first-order valence-electron chi connectivity index (χ1n) is 11.8. The lowest BCUT2D eigenvalue weighted by Gasteiger charge is -2.37. The lowest BCUT2D eigenvalue weighted by Crippen LogP contribution is -2.52. The summed E-state index contributed by atoms with van der Waals surface area (Å²) in [5.74, 6) is -1.22. The summed E-state index contributed by atoms with van der Waals surface area (Å²) in [6.45, 7) is 11.0. The number of amides is 2. The third-order valence-corrected chi connectivity index (χ3v) is 6.40. The summed E-state index contributed by atoms with van der Waals surface area (Å²) in [6, 6.07) is 10.8. The summed E-state index contributed by atoms with van der Waals surface area (Å²) in [4.78, 5) is 30.2. The van der Waals surface area contributed by atoms with Gasteiger partial charge in [-0.3, -0.25) is 14.5 Å². The quantitative estimate of drug-likeness (QED) is 0.567. The molecule has 0 unspecified atom stereocenters. The number of rotatable bonds is 7. The van der Waals surface area contributed by atoms with E-state index in [2.05, 4.69) is 32.2 Å². The van der Waals surface area contributed by atoms with Gasteiger partial charge in [-0.05, 0) is 60.1 Å². The fourth-order valence-corrected chi connectivity index (χ4v) is 4.38. The van der Waals surface area contributed by atoms with Crippen LogP contribution in [0.2, 0.25) is 0 Å². The number of hydrogen-bond acceptors (Lipinski definition) is 3. The maximum atomic E-state index is 13.8. The molecule has 1 heterocycles. The van der Waals surface area contributed by atoms with Crippen LogP contribution < -0.4 is 10.2 Å². The predicted octanol–water partition coefficient (Wildman–Crippen LogP) is 4.86. The van der Waals surface area contributed by atoms with Crippen molar-refractivity contribution in [2.24, 2.45) is 5.41 Å². The van der Waals surface area contributed by atoms with E-state index < -0.39 is 11.9 Å². The van der Waals surface area contributed by atoms with Gasteiger partial charge in [0.05, 0.1) is 0 Å². The van der Waals surface area contributed by atoms with Crippen molar-refractivity contribution in [3.05, 3.63) is 65.0 Å². The Morgan fingerprint density at radius 1 is 1.12 bits per heavy atom. The highest BCUT2D eigenvalue weighted by Crippen LogP contribution is 2.33. The van der Waals surface area contributed by atoms with E-state index in [1.165, 1.54) is 22.6 Å². The summed E-state index contributed by atoms with van der Waals surface area (Å²) >= 11 is 6.04. The Kier molecular flexibility index (Phi) is 8.72. The van der Waals surface area contributed by atoms with Crippen LogP contribution in [0.4, 0.5) is 10.1 Å². The molecule has 1 saturated heterocycles. The van der Waals surface area contributed by atoms with Crippen molar-refractivity contribution < 1.29 is 14.0 Å². The molecule has 7 heteroatoms. The van der Waals surface area contributed by atoms with Crippen LogP contribution in [0.25, 0.3) is 0 Å². The highest BCUT2D eigenvalue weighted by atomic mass is 35.5. The molecule has 1 atom stereocenters. The van der Waals surface area contributed by atoms with Crippen molar-refractivity contribution in [2.45, 2.75) is 46.6 Å². The van der Waals surface area contributed by atoms with Crippen LogP contribution in [0.5, 0.6) is 0 Å². The normalized spacial score (nSPS) is 15.2. The molecule has 1 aliphatic heterocycles. The molecule has 0 spiro atoms. The third kappa shape index (κ3) is 6.57. The van der Waals surface area contributed by atoms with Gasteiger partial charge in [0.1, 0.15) is 17.7 Å². The molecule has 5 nitrogen and oxygen atoms in total. The maximum absolute atomic E-state index is 13.8. The van der Waals surface area contributed by atoms with Crippen LogP contribution in [0.15, 0.2) is 42.5 Å². The van der Waals surface area contributed by atoms with Gasteiger partial charge in [0, 0.05) is 31.9 Å². The highest BCUT2D eigenvalue weighted by molar-refractivity contribution is 6.30. The number of nitrogens with zero attached hydrogens (tertiary/aromatic N) is 2. The molecule has 0 aromatic heterocycles. The number of carbonyl (C=O) groups is 2. The molecule has 1 fully saturated rings. The minimum atomic E-state index is -0.927. The number of aryl methyl sites for hydroxylation is 2. The second-order valence-corrected chi connectivity index (χ2v) is 10.4. The number of nitrogens with one attached hydrogen (secondary N) is 1. The van der Waals surface area contributed by atoms with Crippen molar-refractivity contribution in [1.29, 1.82) is 0 Å². The van der Waals surface area contributed by atoms with E-state index in [1.807, 2.05) is 19.1 Å². The molecule has 34 heavy (non-hydrogen) atoms. The van der Waals surface area contributed by atoms with Crippen LogP contribution in [0.1, 0.15) is 49.9 Å². The molecular formula is C27H35ClFN3O2. The number of carbonyl (C=O) groups excluding carboxylic acids is 2. The average molecular weight is 488 g/mol. The van der Waals surface area contributed by atoms with Crippen LogP contribution in [-0.2, 0) is 16.0 Å². The Morgan fingerprint density at radius 3 is 2.32 bits per heavy atom. The maximum Gasteiger partial charge on any atom is 0.250 e. The molecule has 184 valence electrons. The number of anilines is 1. The molecule has 1 aliphatic rings. The number of piperazine rings is 1. The number of halogens is 2. The number of alkyl halides is 1. The van der Waals surface area contributed by atoms with Crippen molar-refractivity contribution >= 4 is 29.1 Å². The summed E-state index contributed by atoms with van der Waals surface area (Å²) < 4.78 is 13.7. The molecule has 0 radical (unpaired) electrons. The first-order chi connectivity index (χ1) is 16.1. The molecule has 2 aromatic rings. The largest absolute Gasteiger partial charge is 0.338 e. The third-order valence-electron chi connectivity index (χ3n) is 6.17. The van der Waals surface area contributed by atoms with Gasteiger partial charge in [-0.2, -0.15) is 0 Å². The lowest BCUT2D eigenvalue weighted by molar-refractivity contribution is -0.135. The van der Waals surface area contributed by atoms with Gasteiger partial charge in [0.15, 0.2) is 0 Å². The Morgan fingerprint density at radius 2 is 1.76 bits per heavy atom. The van der Waals surface area contributed by atoms with E-state index in [0.717, 1.165) is 18.4 Å². The van der Waals surface area contributed by atoms with E-state index in [1.54, 1.807) is 17.0 Å². The van der Waals surface area contributed by atoms with Crippen molar-refractivity contribution in [3.8, 4) is 0 Å². The van der Waals surface area contributed by atoms with Crippen LogP contribution in [0.3, 0.4) is 0 Å². The van der Waals surface area contributed by atoms with E-state index in [4.69, 9.17) is 11.6 Å². The zero-order chi connectivity index (χ0) is 24.9. The van der Waals surface area contributed by atoms with Crippen LogP contribution >= 0.6 is 11.6 Å². The van der Waals surface area contributed by atoms with Crippen LogP contribution in [0, 0.1) is 18.2 Å². The summed E-state index contributed by atoms with van der Waals surface area (Å²) in [6.07, 6.45) is 1.96. The molecule has 2 amide bonds. The molecule has 1 N–H and O–H groups in total. The first-order valence-corrected chi connectivity index (χ1v) is 12.4. The molecule has 0 saturated carbocycles. The van der Waals surface area contributed by atoms with E-state index in [9.17, 15) is 14.0 Å². The molecule has 3 rings (SSSR count). The Balaban J connectivity index is 2.04. The Labute approximate surface area is 207 Å². The van der Waals surface area contributed by atoms with Gasteiger partial charge in [0.2, 0.25) is 11.8 Å². The summed E-state index contributed by atoms with van der Waals surface area (Å²) in [5, 5.41) is 3.24. The van der Waals surface area contributed by atoms with Gasteiger partial charge in [0.25, 0.3) is 0 Å². The fourth-order valence-electron chi connectivity index (χ4n) is 4.25. The van der Waals surface area contributed by atoms with Crippen molar-refractivity contribution in [1.82, 2.24) is 10.2 Å². The van der Waals surface area contributed by atoms with E-state index >= 15 is 0 Å². The average Bonchev–Trinajstić information content (AvgIpc) is 2.82. The fraction of sp³-hybridized carbons (Fsp3) is 0.481. The SMILES string of the molecule is Cc1cc(CCC(C)(C)C)ccc1N(C(=O)CCl)[C@H](C(=O)N1CCNCC1)c1ccc(F)cc1. The number of hydrogen-bond donors (Lipinski definition) is 1. The minimum Gasteiger partial charge on any atom is -0.338 e. The first kappa shape index (κ1) is 26.2. The minimum absolute atomic E-state index is 0.192. The van der Waals surface area contributed by atoms with E-state index in [-0.39, 0.29) is 23.1 Å². The smallest absolute Gasteiger partial charge is 0.250 e. The zero-order valence-corrected chi connectivity index (χ0v) is 21.3. The van der Waals surface area contributed by atoms with Crippen LogP contribution in [-0.4, -0.2) is 48.8 Å². The highest BCUT2D eigenvalue weighted by Gasteiger charge is 2.36. The van der Waals surface area contributed by atoms with E-state index in [0.29, 0.717) is 37.4 Å². The van der Waals surface area contributed by atoms with Gasteiger partial charge in [-0.1, -0.05) is 45.0 Å². The zero-order valence-electron chi connectivity index (χ0n) is 20.5. The second kappa shape index (κ2) is 11.3. The van der Waals surface area contributed by atoms with Gasteiger partial charge in [-0.25, -0.2) is 4.39 Å². The second-order valence-electron chi connectivity index (χ2n) is 10.1. The lowest BCUT2D eigenvalue weighted by atomic mass is 9.88. The summed E-state index contributed by atoms with van der Waals surface area (Å²) in [7, 11) is 0. The van der Waals surface area contributed by atoms with Gasteiger partial charge in [-0.15, -0.1) is 11.6 Å². The molecule has 0 aliphatic carbocycles. The Hall–Kier alpha value is -2.44. The monoisotopic (exact) mass is 487 g/mol. The molecule has 2 aromatic carbocycles. The topological polar surface area (TPSA) is 52.7 Å². The predicted molar refractivity (Wildman–Crippen MR) is 136 cm³/mol. The Bertz CT molecular complexity index is 998. The summed E-state index contributed by atoms with van der Waals surface area (Å²) in [5.41, 5.74) is 3.49. The van der Waals surface area contributed by atoms with Gasteiger partial charge < -0.3 is 10.2 Å². The van der Waals surface area contributed by atoms with Gasteiger partial charge >= 0.3 is 0 Å².